The van der Waals surface area contributed by atoms with Crippen LogP contribution in [-0.4, -0.2) is 35.5 Å². The number of thiazole rings is 1. The van der Waals surface area contributed by atoms with Crippen LogP contribution in [0.25, 0.3) is 0 Å². The van der Waals surface area contributed by atoms with Crippen molar-refractivity contribution in [1.82, 2.24) is 10.3 Å². The third-order valence-electron chi connectivity index (χ3n) is 3.28. The summed E-state index contributed by atoms with van der Waals surface area (Å²) in [6, 6.07) is 0. The van der Waals surface area contributed by atoms with Gasteiger partial charge in [-0.1, -0.05) is 19.9 Å². The van der Waals surface area contributed by atoms with Crippen molar-refractivity contribution in [3.63, 3.8) is 0 Å². The number of carbonyl (C=O) groups excluding carboxylic acids is 3. The highest BCUT2D eigenvalue weighted by molar-refractivity contribution is 7.13. The number of aromatic nitrogens is 1. The number of anilines is 1. The van der Waals surface area contributed by atoms with Crippen molar-refractivity contribution < 1.29 is 14.4 Å². The van der Waals surface area contributed by atoms with Gasteiger partial charge in [-0.25, -0.2) is 9.98 Å². The summed E-state index contributed by atoms with van der Waals surface area (Å²) in [5.41, 5.74) is 0.611. The van der Waals surface area contributed by atoms with Crippen LogP contribution >= 0.6 is 11.3 Å². The number of amides is 3. The molecule has 0 aliphatic carbocycles. The van der Waals surface area contributed by atoms with Crippen molar-refractivity contribution in [2.24, 2.45) is 16.8 Å². The van der Waals surface area contributed by atoms with Crippen molar-refractivity contribution in [3.05, 3.63) is 23.2 Å². The number of nitrogens with one attached hydrogen (secondary N) is 2. The van der Waals surface area contributed by atoms with Crippen LogP contribution in [-0.2, 0) is 20.8 Å². The molecule has 1 aliphatic rings. The Morgan fingerprint density at radius 3 is 2.83 bits per heavy atom. The van der Waals surface area contributed by atoms with Crippen LogP contribution in [0.5, 0.6) is 0 Å². The first-order valence-corrected chi connectivity index (χ1v) is 8.60. The van der Waals surface area contributed by atoms with Gasteiger partial charge in [0.25, 0.3) is 5.91 Å². The number of carbonyl (C=O) groups is 3. The first-order valence-electron chi connectivity index (χ1n) is 7.72. The lowest BCUT2D eigenvalue weighted by Gasteiger charge is -2.08. The van der Waals surface area contributed by atoms with Gasteiger partial charge in [0, 0.05) is 24.2 Å². The summed E-state index contributed by atoms with van der Waals surface area (Å²) in [5, 5.41) is 7.67. The minimum Gasteiger partial charge on any atom is -0.356 e. The number of aliphatic imine (C=N–C) groups is 1. The second kappa shape index (κ2) is 8.49. The molecule has 0 saturated heterocycles. The molecule has 1 aromatic rings. The van der Waals surface area contributed by atoms with E-state index in [0.717, 1.165) is 6.42 Å². The van der Waals surface area contributed by atoms with Gasteiger partial charge in [-0.3, -0.25) is 14.4 Å². The van der Waals surface area contributed by atoms with Gasteiger partial charge in [0.2, 0.25) is 11.8 Å². The van der Waals surface area contributed by atoms with Gasteiger partial charge >= 0.3 is 0 Å². The zero-order valence-corrected chi connectivity index (χ0v) is 14.4. The normalized spacial score (nSPS) is 16.5. The Hall–Kier alpha value is -2.35. The quantitative estimate of drug-likeness (QED) is 0.781. The van der Waals surface area contributed by atoms with Crippen LogP contribution in [0.3, 0.4) is 0 Å². The Kier molecular flexibility index (Phi) is 6.36. The molecule has 0 aromatic carbocycles. The average Bonchev–Trinajstić information content (AvgIpc) is 2.94. The van der Waals surface area contributed by atoms with Crippen molar-refractivity contribution in [3.8, 4) is 0 Å². The van der Waals surface area contributed by atoms with E-state index >= 15 is 0 Å². The lowest BCUT2D eigenvalue weighted by molar-refractivity contribution is -0.120. The van der Waals surface area contributed by atoms with E-state index in [9.17, 15) is 14.4 Å². The number of hydrogen-bond donors (Lipinski definition) is 2. The first kappa shape index (κ1) is 18.0. The van der Waals surface area contributed by atoms with Gasteiger partial charge in [0.1, 0.15) is 0 Å². The summed E-state index contributed by atoms with van der Waals surface area (Å²) in [6.45, 7) is 4.85. The highest BCUT2D eigenvalue weighted by Crippen LogP contribution is 2.17. The number of hydrogen-bond acceptors (Lipinski definition) is 5. The Morgan fingerprint density at radius 1 is 1.38 bits per heavy atom. The number of dihydropyridines is 1. The van der Waals surface area contributed by atoms with Crippen molar-refractivity contribution >= 4 is 40.4 Å². The standard InChI is InChI=1S/C16H20N4O3S/c1-10(2)5-6-17-14(22)7-12-9-24-16(19-12)20-15(23)11-3-4-13(21)18-8-11/h3-4,8-11H,5-7H2,1-2H3,(H,17,22)(H,19,20,23). The highest BCUT2D eigenvalue weighted by atomic mass is 32.1. The molecule has 7 nitrogen and oxygen atoms in total. The molecule has 2 rings (SSSR count). The van der Waals surface area contributed by atoms with E-state index in [0.29, 0.717) is 23.3 Å². The van der Waals surface area contributed by atoms with Crippen LogP contribution in [0.1, 0.15) is 26.0 Å². The van der Waals surface area contributed by atoms with Crippen molar-refractivity contribution in [2.45, 2.75) is 26.7 Å². The SMILES string of the molecule is CC(C)CCNC(=O)Cc1csc(NC(=O)C2C=CC(=O)N=C2)n1. The van der Waals surface area contributed by atoms with E-state index in [1.165, 1.54) is 29.7 Å². The summed E-state index contributed by atoms with van der Waals surface area (Å²) in [5.74, 6) is -0.822. The maximum Gasteiger partial charge on any atom is 0.269 e. The monoisotopic (exact) mass is 348 g/mol. The molecule has 1 aromatic heterocycles. The lowest BCUT2D eigenvalue weighted by Crippen LogP contribution is -2.27. The lowest BCUT2D eigenvalue weighted by atomic mass is 10.1. The number of nitrogens with zero attached hydrogens (tertiary/aromatic N) is 2. The number of rotatable bonds is 7. The van der Waals surface area contributed by atoms with Crippen LogP contribution in [0, 0.1) is 11.8 Å². The third kappa shape index (κ3) is 5.69. The van der Waals surface area contributed by atoms with Gasteiger partial charge in [-0.2, -0.15) is 0 Å². The van der Waals surface area contributed by atoms with E-state index in [-0.39, 0.29) is 24.1 Å². The predicted octanol–water partition coefficient (Wildman–Crippen LogP) is 1.57. The van der Waals surface area contributed by atoms with E-state index in [1.807, 2.05) is 0 Å². The van der Waals surface area contributed by atoms with Crippen LogP contribution in [0.2, 0.25) is 0 Å². The van der Waals surface area contributed by atoms with Crippen LogP contribution in [0.4, 0.5) is 5.13 Å². The summed E-state index contributed by atoms with van der Waals surface area (Å²) in [4.78, 5) is 42.6. The molecule has 128 valence electrons. The van der Waals surface area contributed by atoms with E-state index in [4.69, 9.17) is 0 Å². The zero-order valence-electron chi connectivity index (χ0n) is 13.6. The van der Waals surface area contributed by atoms with Crippen molar-refractivity contribution in [1.29, 1.82) is 0 Å². The molecule has 3 amide bonds. The Labute approximate surface area is 144 Å². The van der Waals surface area contributed by atoms with Gasteiger partial charge in [-0.15, -0.1) is 11.3 Å². The van der Waals surface area contributed by atoms with Crippen LogP contribution in [0.15, 0.2) is 22.5 Å². The Bertz CT molecular complexity index is 663. The van der Waals surface area contributed by atoms with Crippen molar-refractivity contribution in [2.75, 3.05) is 11.9 Å². The van der Waals surface area contributed by atoms with E-state index < -0.39 is 5.92 Å². The molecule has 0 spiro atoms. The maximum atomic E-state index is 12.0. The van der Waals surface area contributed by atoms with E-state index in [2.05, 4.69) is 34.5 Å². The molecule has 0 fully saturated rings. The summed E-state index contributed by atoms with van der Waals surface area (Å²) in [7, 11) is 0. The smallest absolute Gasteiger partial charge is 0.269 e. The molecule has 1 unspecified atom stereocenters. The van der Waals surface area contributed by atoms with Gasteiger partial charge in [-0.05, 0) is 12.3 Å². The molecule has 2 N–H and O–H groups in total. The summed E-state index contributed by atoms with van der Waals surface area (Å²) < 4.78 is 0. The Morgan fingerprint density at radius 2 is 2.17 bits per heavy atom. The predicted molar refractivity (Wildman–Crippen MR) is 93.0 cm³/mol. The fourth-order valence-corrected chi connectivity index (χ4v) is 2.66. The molecule has 0 radical (unpaired) electrons. The topological polar surface area (TPSA) is 101 Å². The fraction of sp³-hybridized carbons (Fsp3) is 0.438. The summed E-state index contributed by atoms with van der Waals surface area (Å²) >= 11 is 1.25. The first-order chi connectivity index (χ1) is 11.4. The fourth-order valence-electron chi connectivity index (χ4n) is 1.95. The molecule has 1 aliphatic heterocycles. The third-order valence-corrected chi connectivity index (χ3v) is 4.09. The largest absolute Gasteiger partial charge is 0.356 e. The van der Waals surface area contributed by atoms with Gasteiger partial charge in [0.15, 0.2) is 5.13 Å². The molecule has 0 bridgehead atoms. The second-order valence-corrected chi connectivity index (χ2v) is 6.70. The minimum atomic E-state index is -0.589. The van der Waals surface area contributed by atoms with Gasteiger partial charge in [0.05, 0.1) is 18.0 Å². The molecule has 24 heavy (non-hydrogen) atoms. The Balaban J connectivity index is 1.81. The molecule has 1 atom stereocenters. The average molecular weight is 348 g/mol. The second-order valence-electron chi connectivity index (χ2n) is 5.84. The molecule has 2 heterocycles. The molecular formula is C16H20N4O3S. The van der Waals surface area contributed by atoms with Crippen LogP contribution < -0.4 is 10.6 Å². The van der Waals surface area contributed by atoms with E-state index in [1.54, 1.807) is 5.38 Å². The molecular weight excluding hydrogens is 328 g/mol. The highest BCUT2D eigenvalue weighted by Gasteiger charge is 2.18. The summed E-state index contributed by atoms with van der Waals surface area (Å²) in [6.07, 6.45) is 5.17. The zero-order chi connectivity index (χ0) is 17.5. The molecule has 0 saturated carbocycles. The minimum absolute atomic E-state index is 0.0836. The molecule has 8 heteroatoms. The van der Waals surface area contributed by atoms with Gasteiger partial charge < -0.3 is 10.6 Å². The maximum absolute atomic E-state index is 12.0.